The van der Waals surface area contributed by atoms with Gasteiger partial charge in [-0.2, -0.15) is 0 Å². The van der Waals surface area contributed by atoms with Crippen LogP contribution in [0.2, 0.25) is 0 Å². The first-order chi connectivity index (χ1) is 4.00. The molecule has 4 N–H and O–H groups in total. The van der Waals surface area contributed by atoms with Crippen molar-refractivity contribution >= 4 is 0 Å². The van der Waals surface area contributed by atoms with Gasteiger partial charge in [-0.05, 0) is 12.3 Å². The molecule has 0 unspecified atom stereocenters. The second kappa shape index (κ2) is 3.18. The van der Waals surface area contributed by atoms with E-state index in [2.05, 4.69) is 20.8 Å². The fraction of sp³-hybridized carbons (Fsp3) is 1.00. The summed E-state index contributed by atoms with van der Waals surface area (Å²) < 4.78 is 0. The third kappa shape index (κ3) is 2.82. The lowest BCUT2D eigenvalue weighted by Crippen LogP contribution is -2.53. The van der Waals surface area contributed by atoms with Crippen LogP contribution in [-0.4, -0.2) is 5.66 Å². The summed E-state index contributed by atoms with van der Waals surface area (Å²) >= 11 is 0. The fourth-order valence-electron chi connectivity index (χ4n) is 0.722. The normalized spacial score (nSPS) is 12.7. The summed E-state index contributed by atoms with van der Waals surface area (Å²) in [6, 6.07) is 0. The predicted octanol–water partition coefficient (Wildman–Crippen LogP) is 1.06. The molecule has 0 atom stereocenters. The van der Waals surface area contributed by atoms with Gasteiger partial charge in [0.1, 0.15) is 0 Å². The van der Waals surface area contributed by atoms with Gasteiger partial charge in [0.25, 0.3) is 0 Å². The van der Waals surface area contributed by atoms with E-state index in [1.807, 2.05) is 0 Å². The van der Waals surface area contributed by atoms with E-state index < -0.39 is 5.66 Å². The van der Waals surface area contributed by atoms with Crippen LogP contribution in [0.15, 0.2) is 0 Å². The largest absolute Gasteiger partial charge is 0.313 e. The van der Waals surface area contributed by atoms with E-state index in [1.54, 1.807) is 0 Å². The van der Waals surface area contributed by atoms with E-state index in [0.717, 1.165) is 12.8 Å². The van der Waals surface area contributed by atoms with Crippen LogP contribution in [0.4, 0.5) is 0 Å². The highest BCUT2D eigenvalue weighted by Crippen LogP contribution is 2.12. The molecule has 0 heterocycles. The average Bonchev–Trinajstić information content (AvgIpc) is 1.65. The molecular weight excluding hydrogens is 112 g/mol. The Balaban J connectivity index is 3.70. The van der Waals surface area contributed by atoms with Crippen molar-refractivity contribution in [3.05, 3.63) is 0 Å². The van der Waals surface area contributed by atoms with Gasteiger partial charge in [0, 0.05) is 0 Å². The van der Waals surface area contributed by atoms with Gasteiger partial charge in [-0.3, -0.25) is 0 Å². The van der Waals surface area contributed by atoms with E-state index in [-0.39, 0.29) is 0 Å². The van der Waals surface area contributed by atoms with Crippen LogP contribution in [0.25, 0.3) is 0 Å². The topological polar surface area (TPSA) is 52.0 Å². The second-order valence-corrected chi connectivity index (χ2v) is 3.02. The third-order valence-corrected chi connectivity index (χ3v) is 1.76. The molecule has 0 saturated carbocycles. The maximum Gasteiger partial charge on any atom is 0.0660 e. The highest BCUT2D eigenvalue weighted by Gasteiger charge is 2.21. The SMILES string of the molecule is CCCC(N)(N)C(C)C. The Hall–Kier alpha value is -0.0800. The van der Waals surface area contributed by atoms with Crippen LogP contribution in [-0.2, 0) is 0 Å². The fourth-order valence-corrected chi connectivity index (χ4v) is 0.722. The number of rotatable bonds is 3. The zero-order valence-corrected chi connectivity index (χ0v) is 6.65. The van der Waals surface area contributed by atoms with Crippen molar-refractivity contribution in [2.75, 3.05) is 0 Å². The van der Waals surface area contributed by atoms with Crippen LogP contribution >= 0.6 is 0 Å². The Labute approximate surface area is 57.6 Å². The minimum atomic E-state index is -0.450. The lowest BCUT2D eigenvalue weighted by molar-refractivity contribution is 0.295. The van der Waals surface area contributed by atoms with Crippen LogP contribution < -0.4 is 11.5 Å². The molecule has 0 spiro atoms. The summed E-state index contributed by atoms with van der Waals surface area (Å²) in [6.07, 6.45) is 1.97. The average molecular weight is 130 g/mol. The molecule has 0 aliphatic carbocycles. The lowest BCUT2D eigenvalue weighted by atomic mass is 9.93. The Morgan fingerprint density at radius 1 is 1.33 bits per heavy atom. The first kappa shape index (κ1) is 8.92. The van der Waals surface area contributed by atoms with Crippen molar-refractivity contribution in [2.24, 2.45) is 17.4 Å². The molecule has 0 aromatic heterocycles. The quantitative estimate of drug-likeness (QED) is 0.561. The Morgan fingerprint density at radius 3 is 1.89 bits per heavy atom. The van der Waals surface area contributed by atoms with Gasteiger partial charge in [0.05, 0.1) is 5.66 Å². The van der Waals surface area contributed by atoms with Crippen molar-refractivity contribution in [1.82, 2.24) is 0 Å². The zero-order chi connectivity index (χ0) is 7.49. The van der Waals surface area contributed by atoms with Crippen LogP contribution in [0.3, 0.4) is 0 Å². The van der Waals surface area contributed by atoms with Crippen molar-refractivity contribution in [3.8, 4) is 0 Å². The molecule has 0 aromatic carbocycles. The number of hydrogen-bond acceptors (Lipinski definition) is 2. The second-order valence-electron chi connectivity index (χ2n) is 3.02. The van der Waals surface area contributed by atoms with Gasteiger partial charge in [0.15, 0.2) is 0 Å². The Morgan fingerprint density at radius 2 is 1.78 bits per heavy atom. The Kier molecular flexibility index (Phi) is 3.15. The number of hydrogen-bond donors (Lipinski definition) is 2. The van der Waals surface area contributed by atoms with Gasteiger partial charge < -0.3 is 11.5 Å². The molecule has 0 aromatic rings. The summed E-state index contributed by atoms with van der Waals surface area (Å²) in [5.41, 5.74) is 11.0. The summed E-state index contributed by atoms with van der Waals surface area (Å²) in [6.45, 7) is 6.20. The molecule has 0 rings (SSSR count). The van der Waals surface area contributed by atoms with Crippen LogP contribution in [0.1, 0.15) is 33.6 Å². The first-order valence-corrected chi connectivity index (χ1v) is 3.58. The molecule has 0 amide bonds. The maximum absolute atomic E-state index is 5.75. The summed E-state index contributed by atoms with van der Waals surface area (Å²) in [7, 11) is 0. The van der Waals surface area contributed by atoms with E-state index in [0.29, 0.717) is 5.92 Å². The third-order valence-electron chi connectivity index (χ3n) is 1.76. The van der Waals surface area contributed by atoms with Crippen LogP contribution in [0.5, 0.6) is 0 Å². The van der Waals surface area contributed by atoms with E-state index >= 15 is 0 Å². The molecule has 0 aliphatic rings. The van der Waals surface area contributed by atoms with E-state index in [9.17, 15) is 0 Å². The number of nitrogens with two attached hydrogens (primary N) is 2. The van der Waals surface area contributed by atoms with Crippen molar-refractivity contribution in [2.45, 2.75) is 39.3 Å². The molecule has 0 radical (unpaired) electrons. The minimum absolute atomic E-state index is 0.373. The molecule has 2 nitrogen and oxygen atoms in total. The lowest BCUT2D eigenvalue weighted by Gasteiger charge is -2.28. The standard InChI is InChI=1S/C7H18N2/c1-4-5-7(8,9)6(2)3/h6H,4-5,8-9H2,1-3H3. The highest BCUT2D eigenvalue weighted by atomic mass is 15.0. The highest BCUT2D eigenvalue weighted by molar-refractivity contribution is 4.79. The van der Waals surface area contributed by atoms with Crippen molar-refractivity contribution in [3.63, 3.8) is 0 Å². The molecule has 2 heteroatoms. The van der Waals surface area contributed by atoms with Gasteiger partial charge in [-0.15, -0.1) is 0 Å². The summed E-state index contributed by atoms with van der Waals surface area (Å²) in [4.78, 5) is 0. The van der Waals surface area contributed by atoms with Gasteiger partial charge in [-0.25, -0.2) is 0 Å². The molecule has 0 fully saturated rings. The Bertz CT molecular complexity index is 77.0. The van der Waals surface area contributed by atoms with E-state index in [4.69, 9.17) is 11.5 Å². The van der Waals surface area contributed by atoms with Gasteiger partial charge in [0.2, 0.25) is 0 Å². The minimum Gasteiger partial charge on any atom is -0.313 e. The summed E-state index contributed by atoms with van der Waals surface area (Å²) in [5, 5.41) is 0. The van der Waals surface area contributed by atoms with E-state index in [1.165, 1.54) is 0 Å². The van der Waals surface area contributed by atoms with Crippen molar-refractivity contribution < 1.29 is 0 Å². The van der Waals surface area contributed by atoms with Gasteiger partial charge >= 0.3 is 0 Å². The first-order valence-electron chi connectivity index (χ1n) is 3.58. The monoisotopic (exact) mass is 130 g/mol. The summed E-state index contributed by atoms with van der Waals surface area (Å²) in [5.74, 6) is 0.373. The molecule has 0 aliphatic heterocycles. The molecule has 0 bridgehead atoms. The maximum atomic E-state index is 5.75. The molecular formula is C7H18N2. The molecule has 56 valence electrons. The van der Waals surface area contributed by atoms with Crippen molar-refractivity contribution in [1.29, 1.82) is 0 Å². The van der Waals surface area contributed by atoms with Crippen LogP contribution in [0, 0.1) is 5.92 Å². The predicted molar refractivity (Wildman–Crippen MR) is 40.9 cm³/mol. The molecule has 0 saturated heterocycles. The molecule has 9 heavy (non-hydrogen) atoms. The van der Waals surface area contributed by atoms with Gasteiger partial charge in [-0.1, -0.05) is 27.2 Å². The smallest absolute Gasteiger partial charge is 0.0660 e. The zero-order valence-electron chi connectivity index (χ0n) is 6.65.